The minimum atomic E-state index is -0.786. The van der Waals surface area contributed by atoms with Gasteiger partial charge in [-0.25, -0.2) is 4.98 Å². The molecule has 2 rings (SSSR count). The summed E-state index contributed by atoms with van der Waals surface area (Å²) >= 11 is 0. The van der Waals surface area contributed by atoms with Crippen molar-refractivity contribution in [1.29, 1.82) is 0 Å². The second kappa shape index (κ2) is 6.51. The van der Waals surface area contributed by atoms with Crippen molar-refractivity contribution in [1.82, 2.24) is 9.97 Å². The van der Waals surface area contributed by atoms with Crippen LogP contribution in [0.3, 0.4) is 0 Å². The first-order valence-corrected chi connectivity index (χ1v) is 6.26. The number of carboxylic acid groups (broad SMARTS) is 1. The van der Waals surface area contributed by atoms with Gasteiger partial charge in [-0.05, 0) is 18.6 Å². The van der Waals surface area contributed by atoms with Crippen LogP contribution in [0.15, 0.2) is 41.5 Å². The predicted molar refractivity (Wildman–Crippen MR) is 75.7 cm³/mol. The molecule has 0 amide bonds. The molecule has 0 aliphatic heterocycles. The number of hydrogen-bond donors (Lipinski definition) is 3. The molecule has 1 aromatic carbocycles. The third-order valence-electron chi connectivity index (χ3n) is 2.75. The number of aromatic nitrogens is 2. The Bertz CT molecular complexity index is 614. The van der Waals surface area contributed by atoms with Crippen LogP contribution >= 0.6 is 0 Å². The third-order valence-corrected chi connectivity index (χ3v) is 2.75. The number of carboxylic acids is 1. The topological polar surface area (TPSA) is 95.1 Å². The molecular weight excluding hydrogens is 258 g/mol. The van der Waals surface area contributed by atoms with Gasteiger partial charge in [0.15, 0.2) is 0 Å². The van der Waals surface area contributed by atoms with Crippen molar-refractivity contribution in [2.24, 2.45) is 0 Å². The lowest BCUT2D eigenvalue weighted by molar-refractivity contribution is -0.137. The Morgan fingerprint density at radius 1 is 1.30 bits per heavy atom. The van der Waals surface area contributed by atoms with Crippen molar-refractivity contribution in [3.63, 3.8) is 0 Å². The zero-order valence-corrected chi connectivity index (χ0v) is 10.8. The van der Waals surface area contributed by atoms with Crippen molar-refractivity contribution in [2.45, 2.75) is 12.8 Å². The van der Waals surface area contributed by atoms with Crippen molar-refractivity contribution >= 4 is 11.7 Å². The second-order valence-electron chi connectivity index (χ2n) is 4.30. The molecule has 1 heterocycles. The van der Waals surface area contributed by atoms with E-state index in [1.807, 2.05) is 24.3 Å². The van der Waals surface area contributed by atoms with Crippen molar-refractivity contribution in [3.05, 3.63) is 47.0 Å². The van der Waals surface area contributed by atoms with Crippen LogP contribution in [-0.4, -0.2) is 27.6 Å². The van der Waals surface area contributed by atoms with Crippen LogP contribution in [0.4, 0.5) is 5.69 Å². The number of nitrogens with zero attached hydrogens (tertiary/aromatic N) is 1. The summed E-state index contributed by atoms with van der Waals surface area (Å²) in [6, 6.07) is 7.56. The average molecular weight is 273 g/mol. The van der Waals surface area contributed by atoms with Gasteiger partial charge in [0.2, 0.25) is 0 Å². The first kappa shape index (κ1) is 13.8. The molecule has 6 heteroatoms. The lowest BCUT2D eigenvalue weighted by Gasteiger charge is -2.06. The van der Waals surface area contributed by atoms with Crippen LogP contribution < -0.4 is 10.9 Å². The highest BCUT2D eigenvalue weighted by molar-refractivity contribution is 5.66. The van der Waals surface area contributed by atoms with Crippen LogP contribution in [0.2, 0.25) is 0 Å². The van der Waals surface area contributed by atoms with Crippen LogP contribution in [0.5, 0.6) is 0 Å². The Labute approximate surface area is 115 Å². The molecular formula is C14H15N3O3. The monoisotopic (exact) mass is 273 g/mol. The second-order valence-corrected chi connectivity index (χ2v) is 4.30. The molecule has 3 N–H and O–H groups in total. The summed E-state index contributed by atoms with van der Waals surface area (Å²) in [4.78, 5) is 27.9. The molecule has 0 aliphatic carbocycles. The van der Waals surface area contributed by atoms with Gasteiger partial charge in [-0.3, -0.25) is 9.59 Å². The van der Waals surface area contributed by atoms with Gasteiger partial charge in [0.1, 0.15) is 0 Å². The molecule has 0 spiro atoms. The van der Waals surface area contributed by atoms with Crippen molar-refractivity contribution < 1.29 is 9.90 Å². The molecule has 0 aliphatic rings. The molecule has 1 aromatic heterocycles. The molecule has 0 radical (unpaired) electrons. The number of benzene rings is 1. The molecule has 0 saturated heterocycles. The number of H-pyrrole nitrogens is 1. The van der Waals surface area contributed by atoms with Crippen LogP contribution in [0, 0.1) is 0 Å². The van der Waals surface area contributed by atoms with Gasteiger partial charge in [0, 0.05) is 30.4 Å². The Kier molecular flexibility index (Phi) is 4.49. The SMILES string of the molecule is O=C(O)CCCNc1ccc(-c2c[nH]c(=O)cn2)cc1. The average Bonchev–Trinajstić information content (AvgIpc) is 2.45. The van der Waals surface area contributed by atoms with E-state index < -0.39 is 5.97 Å². The highest BCUT2D eigenvalue weighted by atomic mass is 16.4. The van der Waals surface area contributed by atoms with Crippen LogP contribution in [-0.2, 0) is 4.79 Å². The summed E-state index contributed by atoms with van der Waals surface area (Å²) in [5.41, 5.74) is 2.29. The maximum Gasteiger partial charge on any atom is 0.303 e. The number of anilines is 1. The summed E-state index contributed by atoms with van der Waals surface area (Å²) in [6.07, 6.45) is 3.55. The Morgan fingerprint density at radius 3 is 2.65 bits per heavy atom. The zero-order chi connectivity index (χ0) is 14.4. The lowest BCUT2D eigenvalue weighted by Crippen LogP contribution is -2.05. The minimum absolute atomic E-state index is 0.159. The standard InChI is InChI=1S/C14H15N3O3/c18-13-9-16-12(8-17-13)10-3-5-11(6-4-10)15-7-1-2-14(19)20/h3-6,8-9,15H,1-2,7H2,(H,17,18)(H,19,20). The Hall–Kier alpha value is -2.63. The fraction of sp³-hybridized carbons (Fsp3) is 0.214. The molecule has 0 atom stereocenters. The number of nitrogens with one attached hydrogen (secondary N) is 2. The van der Waals surface area contributed by atoms with E-state index in [2.05, 4.69) is 15.3 Å². The molecule has 2 aromatic rings. The van der Waals surface area contributed by atoms with Gasteiger partial charge in [0.05, 0.1) is 11.9 Å². The zero-order valence-electron chi connectivity index (χ0n) is 10.8. The molecule has 0 unspecified atom stereocenters. The van der Waals surface area contributed by atoms with E-state index in [0.29, 0.717) is 18.7 Å². The molecule has 20 heavy (non-hydrogen) atoms. The van der Waals surface area contributed by atoms with Gasteiger partial charge in [-0.2, -0.15) is 0 Å². The molecule has 104 valence electrons. The van der Waals surface area contributed by atoms with E-state index >= 15 is 0 Å². The van der Waals surface area contributed by atoms with Crippen molar-refractivity contribution in [3.8, 4) is 11.3 Å². The van der Waals surface area contributed by atoms with Gasteiger partial charge in [-0.1, -0.05) is 12.1 Å². The van der Waals surface area contributed by atoms with Crippen molar-refractivity contribution in [2.75, 3.05) is 11.9 Å². The lowest BCUT2D eigenvalue weighted by atomic mass is 10.1. The number of carbonyl (C=O) groups is 1. The first-order valence-electron chi connectivity index (χ1n) is 6.26. The normalized spacial score (nSPS) is 10.2. The van der Waals surface area contributed by atoms with E-state index in [4.69, 9.17) is 5.11 Å². The van der Waals surface area contributed by atoms with Crippen LogP contribution in [0.25, 0.3) is 11.3 Å². The van der Waals surface area contributed by atoms with Gasteiger partial charge >= 0.3 is 5.97 Å². The van der Waals surface area contributed by atoms with Gasteiger partial charge in [0.25, 0.3) is 5.56 Å². The van der Waals surface area contributed by atoms with E-state index in [0.717, 1.165) is 11.3 Å². The highest BCUT2D eigenvalue weighted by Crippen LogP contribution is 2.18. The van der Waals surface area contributed by atoms with E-state index in [1.165, 1.54) is 6.20 Å². The quantitative estimate of drug-likeness (QED) is 0.696. The summed E-state index contributed by atoms with van der Waals surface area (Å²) < 4.78 is 0. The van der Waals surface area contributed by atoms with Crippen LogP contribution in [0.1, 0.15) is 12.8 Å². The maximum atomic E-state index is 10.9. The third kappa shape index (κ3) is 3.94. The highest BCUT2D eigenvalue weighted by Gasteiger charge is 2.00. The molecule has 0 saturated carbocycles. The molecule has 6 nitrogen and oxygen atoms in total. The summed E-state index contributed by atoms with van der Waals surface area (Å²) in [5, 5.41) is 11.7. The predicted octanol–water partition coefficient (Wildman–Crippen LogP) is 1.71. The first-order chi connectivity index (χ1) is 9.65. The number of aliphatic carboxylic acids is 1. The fourth-order valence-electron chi connectivity index (χ4n) is 1.73. The number of rotatable bonds is 6. The molecule has 0 fully saturated rings. The van der Waals surface area contributed by atoms with Gasteiger partial charge in [-0.15, -0.1) is 0 Å². The van der Waals surface area contributed by atoms with Gasteiger partial charge < -0.3 is 15.4 Å². The Balaban J connectivity index is 1.94. The van der Waals surface area contributed by atoms with E-state index in [1.54, 1.807) is 6.20 Å². The van der Waals surface area contributed by atoms with E-state index in [9.17, 15) is 9.59 Å². The number of hydrogen-bond acceptors (Lipinski definition) is 4. The largest absolute Gasteiger partial charge is 0.481 e. The Morgan fingerprint density at radius 2 is 2.05 bits per heavy atom. The summed E-state index contributed by atoms with van der Waals surface area (Å²) in [5.74, 6) is -0.786. The minimum Gasteiger partial charge on any atom is -0.481 e. The smallest absolute Gasteiger partial charge is 0.303 e. The maximum absolute atomic E-state index is 10.9. The van der Waals surface area contributed by atoms with E-state index in [-0.39, 0.29) is 12.0 Å². The number of aromatic amines is 1. The molecule has 0 bridgehead atoms. The summed E-state index contributed by atoms with van der Waals surface area (Å²) in [7, 11) is 0. The fourth-order valence-corrected chi connectivity index (χ4v) is 1.73. The summed E-state index contributed by atoms with van der Waals surface area (Å²) in [6.45, 7) is 0.614.